The van der Waals surface area contributed by atoms with Crippen molar-refractivity contribution in [3.63, 3.8) is 0 Å². The van der Waals surface area contributed by atoms with Gasteiger partial charge in [0.25, 0.3) is 5.91 Å². The number of thioether (sulfide) groups is 1. The molecule has 0 bridgehead atoms. The van der Waals surface area contributed by atoms with Gasteiger partial charge in [-0.15, -0.1) is 0 Å². The van der Waals surface area contributed by atoms with Gasteiger partial charge in [-0.05, 0) is 113 Å². The van der Waals surface area contributed by atoms with Gasteiger partial charge in [-0.2, -0.15) is 11.8 Å². The lowest BCUT2D eigenvalue weighted by Gasteiger charge is -2.30. The summed E-state index contributed by atoms with van der Waals surface area (Å²) in [4.78, 5) is 64.6. The fourth-order valence-corrected chi connectivity index (χ4v) is 9.94. The topological polar surface area (TPSA) is 186 Å². The molecule has 3 fully saturated rings. The Balaban J connectivity index is 1.24. The first-order valence-electron chi connectivity index (χ1n) is 20.3. The SMILES string of the molecule is COc1ccc(-c2cc3cc(N(C)C)ccc3c(OC3C[C@H]4C(=O)N[C@]5(C(=O)NS(=O)(=O)C6CC6)CC5C=CCCCSC[C@H](NC(=O)OC(C)(C)C)C(=O)N4C3)n2)cc1. The number of anilines is 1. The number of alkyl carbamates (subject to hydrolysis) is 1. The van der Waals surface area contributed by atoms with Gasteiger partial charge < -0.3 is 34.6 Å². The lowest BCUT2D eigenvalue weighted by atomic mass is 10.1. The second kappa shape index (κ2) is 17.1. The number of aromatic nitrogens is 1. The van der Waals surface area contributed by atoms with Gasteiger partial charge in [0.2, 0.25) is 27.7 Å². The number of amides is 4. The summed E-state index contributed by atoms with van der Waals surface area (Å²) in [7, 11) is 1.59. The highest BCUT2D eigenvalue weighted by molar-refractivity contribution is 7.99. The van der Waals surface area contributed by atoms with Crippen LogP contribution in [0.1, 0.15) is 59.3 Å². The summed E-state index contributed by atoms with van der Waals surface area (Å²) < 4.78 is 45.7. The molecule has 17 heteroatoms. The number of sulfonamides is 1. The van der Waals surface area contributed by atoms with Crippen molar-refractivity contribution < 1.29 is 41.8 Å². The zero-order valence-electron chi connectivity index (χ0n) is 34.9. The maximum absolute atomic E-state index is 14.7. The number of hydrogen-bond acceptors (Lipinski definition) is 12. The number of hydrogen-bond donors (Lipinski definition) is 3. The Kier molecular flexibility index (Phi) is 12.3. The Morgan fingerprint density at radius 2 is 1.82 bits per heavy atom. The van der Waals surface area contributed by atoms with Crippen molar-refractivity contribution in [3.8, 4) is 22.9 Å². The second-order valence-electron chi connectivity index (χ2n) is 17.1. The Bertz CT molecular complexity index is 2280. The van der Waals surface area contributed by atoms with Crippen LogP contribution in [0, 0.1) is 5.92 Å². The first-order valence-corrected chi connectivity index (χ1v) is 23.0. The van der Waals surface area contributed by atoms with Crippen molar-refractivity contribution in [2.45, 2.75) is 93.9 Å². The number of carbonyl (C=O) groups is 4. The number of fused-ring (bicyclic) bond motifs is 3. The molecule has 5 atom stereocenters. The molecule has 3 aromatic rings. The molecule has 2 unspecified atom stereocenters. The number of pyridine rings is 1. The Morgan fingerprint density at radius 1 is 1.07 bits per heavy atom. The molecule has 2 saturated carbocycles. The van der Waals surface area contributed by atoms with Gasteiger partial charge in [-0.3, -0.25) is 19.1 Å². The number of methoxy groups -OCH3 is 1. The fraction of sp³-hybridized carbons (Fsp3) is 0.512. The molecule has 4 amide bonds. The summed E-state index contributed by atoms with van der Waals surface area (Å²) in [6.45, 7) is 5.14. The Hall–Kier alpha value is -5.03. The molecule has 1 aromatic heterocycles. The molecule has 15 nitrogen and oxygen atoms in total. The van der Waals surface area contributed by atoms with Crippen LogP contribution in [-0.2, 0) is 29.1 Å². The first kappa shape index (κ1) is 43.1. The van der Waals surface area contributed by atoms with E-state index >= 15 is 0 Å². The first-order chi connectivity index (χ1) is 28.5. The van der Waals surface area contributed by atoms with Gasteiger partial charge in [0, 0.05) is 48.8 Å². The fourth-order valence-electron chi connectivity index (χ4n) is 7.58. The quantitative estimate of drug-likeness (QED) is 0.251. The van der Waals surface area contributed by atoms with E-state index < -0.39 is 74.3 Å². The number of allylic oxidation sites excluding steroid dienone is 1. The predicted octanol–water partition coefficient (Wildman–Crippen LogP) is 4.78. The van der Waals surface area contributed by atoms with Gasteiger partial charge in [-0.25, -0.2) is 18.2 Å². The van der Waals surface area contributed by atoms with Crippen molar-refractivity contribution in [3.05, 3.63) is 60.7 Å². The van der Waals surface area contributed by atoms with Gasteiger partial charge in [0.05, 0.1) is 24.6 Å². The minimum absolute atomic E-state index is 0.0220. The van der Waals surface area contributed by atoms with Crippen LogP contribution in [-0.4, -0.2) is 116 Å². The van der Waals surface area contributed by atoms with Crippen LogP contribution in [0.15, 0.2) is 60.7 Å². The molecule has 1 saturated heterocycles. The molecule has 3 heterocycles. The van der Waals surface area contributed by atoms with Crippen LogP contribution in [0.3, 0.4) is 0 Å². The van der Waals surface area contributed by atoms with Crippen molar-refractivity contribution in [1.29, 1.82) is 0 Å². The van der Waals surface area contributed by atoms with Crippen LogP contribution in [0.2, 0.25) is 0 Å². The largest absolute Gasteiger partial charge is 0.497 e. The summed E-state index contributed by atoms with van der Waals surface area (Å²) in [5, 5.41) is 6.60. The molecule has 0 spiro atoms. The predicted molar refractivity (Wildman–Crippen MR) is 231 cm³/mol. The normalized spacial score (nSPS) is 24.9. The summed E-state index contributed by atoms with van der Waals surface area (Å²) in [6, 6.07) is 13.2. The molecule has 2 aromatic carbocycles. The molecule has 322 valence electrons. The third-order valence-electron chi connectivity index (χ3n) is 11.1. The second-order valence-corrected chi connectivity index (χ2v) is 20.2. The maximum Gasteiger partial charge on any atom is 0.408 e. The average molecular weight is 863 g/mol. The van der Waals surface area contributed by atoms with E-state index in [1.54, 1.807) is 27.9 Å². The van der Waals surface area contributed by atoms with Crippen molar-refractivity contribution in [2.75, 3.05) is 44.2 Å². The minimum Gasteiger partial charge on any atom is -0.497 e. The standard InChI is InChI=1S/C43H54N6O9S2/c1-42(2,3)58-41(53)45-35-25-59-19-9-7-8-10-28-23-43(28,40(52)47-60(54,55)32-16-17-32)46-37(50)36-22-31(24-49(36)39(35)51)57-38-33-18-13-29(48(4)5)20-27(33)21-34(44-38)26-11-14-30(56-6)15-12-26/h8,10-15,18,20-21,28,31-32,35-36H,7,9,16-17,19,22-25H2,1-6H3,(H,45,53)(H,46,50)(H,47,52)/t28?,31?,35-,36-,43+/m0/s1. The third kappa shape index (κ3) is 9.78. The van der Waals surface area contributed by atoms with Crippen LogP contribution in [0.25, 0.3) is 22.0 Å². The molecule has 0 radical (unpaired) electrons. The molecular weight excluding hydrogens is 809 g/mol. The van der Waals surface area contributed by atoms with Crippen LogP contribution >= 0.6 is 11.8 Å². The van der Waals surface area contributed by atoms with Gasteiger partial charge in [0.15, 0.2) is 0 Å². The molecular formula is C43H54N6O9S2. The minimum atomic E-state index is -3.92. The number of nitrogens with one attached hydrogen (secondary N) is 3. The van der Waals surface area contributed by atoms with E-state index in [4.69, 9.17) is 19.2 Å². The Labute approximate surface area is 355 Å². The number of carbonyl (C=O) groups excluding carboxylic acids is 4. The van der Waals surface area contributed by atoms with Crippen molar-refractivity contribution >= 4 is 62.1 Å². The zero-order chi connectivity index (χ0) is 43.0. The summed E-state index contributed by atoms with van der Waals surface area (Å²) in [6.07, 6.45) is 4.84. The van der Waals surface area contributed by atoms with Crippen molar-refractivity contribution in [2.24, 2.45) is 5.92 Å². The molecule has 2 aliphatic carbocycles. The van der Waals surface area contributed by atoms with E-state index in [1.165, 1.54) is 16.7 Å². The van der Waals surface area contributed by atoms with Crippen LogP contribution in [0.4, 0.5) is 10.5 Å². The highest BCUT2D eigenvalue weighted by Crippen LogP contribution is 2.46. The molecule has 4 aliphatic rings. The number of rotatable bonds is 9. The van der Waals surface area contributed by atoms with Crippen LogP contribution in [0.5, 0.6) is 11.6 Å². The maximum atomic E-state index is 14.7. The van der Waals surface area contributed by atoms with E-state index in [0.717, 1.165) is 28.4 Å². The summed E-state index contributed by atoms with van der Waals surface area (Å²) in [5.41, 5.74) is 0.0690. The Morgan fingerprint density at radius 3 is 2.50 bits per heavy atom. The van der Waals surface area contributed by atoms with E-state index in [0.29, 0.717) is 42.3 Å². The van der Waals surface area contributed by atoms with E-state index in [9.17, 15) is 27.6 Å². The lowest BCUT2D eigenvalue weighted by molar-refractivity contribution is -0.140. The third-order valence-corrected chi connectivity index (χ3v) is 14.0. The highest BCUT2D eigenvalue weighted by atomic mass is 32.2. The summed E-state index contributed by atoms with van der Waals surface area (Å²) >= 11 is 1.50. The molecule has 7 rings (SSSR count). The van der Waals surface area contributed by atoms with Gasteiger partial charge >= 0.3 is 6.09 Å². The summed E-state index contributed by atoms with van der Waals surface area (Å²) in [5.74, 6) is -0.514. The van der Waals surface area contributed by atoms with E-state index in [2.05, 4.69) is 15.4 Å². The lowest BCUT2D eigenvalue weighted by Crippen LogP contribution is -2.58. The van der Waals surface area contributed by atoms with Gasteiger partial charge in [-0.1, -0.05) is 12.2 Å². The van der Waals surface area contributed by atoms with Crippen LogP contribution < -0.4 is 29.7 Å². The molecule has 60 heavy (non-hydrogen) atoms. The average Bonchev–Trinajstić information content (AvgIpc) is 4.12. The molecule has 3 N–H and O–H groups in total. The monoisotopic (exact) mass is 862 g/mol. The van der Waals surface area contributed by atoms with Crippen molar-refractivity contribution in [1.82, 2.24) is 25.2 Å². The highest BCUT2D eigenvalue weighted by Gasteiger charge is 2.62. The smallest absolute Gasteiger partial charge is 0.408 e. The zero-order valence-corrected chi connectivity index (χ0v) is 36.5. The number of benzene rings is 2. The number of ether oxygens (including phenoxy) is 3. The van der Waals surface area contributed by atoms with Gasteiger partial charge in [0.1, 0.15) is 35.1 Å². The van der Waals surface area contributed by atoms with E-state index in [-0.39, 0.29) is 25.1 Å². The van der Waals surface area contributed by atoms with E-state index in [1.807, 2.05) is 79.7 Å². The molecule has 2 aliphatic heterocycles. The number of nitrogens with zero attached hydrogens (tertiary/aromatic N) is 3.